The summed E-state index contributed by atoms with van der Waals surface area (Å²) in [4.78, 5) is 57.8. The number of hydrogen-bond acceptors (Lipinski definition) is 7. The summed E-state index contributed by atoms with van der Waals surface area (Å²) in [5, 5.41) is 4.19. The Morgan fingerprint density at radius 2 is 1.73 bits per heavy atom. The Morgan fingerprint density at radius 1 is 1.00 bits per heavy atom. The third-order valence-corrected chi connectivity index (χ3v) is 12.4. The van der Waals surface area contributed by atoms with E-state index in [1.807, 2.05) is 18.2 Å². The Hall–Kier alpha value is -3.93. The molecule has 6 unspecified atom stereocenters. The lowest BCUT2D eigenvalue weighted by Crippen LogP contribution is -2.42. The first-order valence-electron chi connectivity index (χ1n) is 14.6. The van der Waals surface area contributed by atoms with Crippen molar-refractivity contribution in [3.63, 3.8) is 0 Å². The maximum Gasteiger partial charge on any atom is 0.305 e. The number of carbonyl (C=O) groups excluding carboxylic acids is 3. The number of carbonyl (C=O) groups is 3. The predicted molar refractivity (Wildman–Crippen MR) is 169 cm³/mol. The summed E-state index contributed by atoms with van der Waals surface area (Å²) < 4.78 is 19.5. The summed E-state index contributed by atoms with van der Waals surface area (Å²) in [6, 6.07) is 19.8. The smallest absolute Gasteiger partial charge is 0.305 e. The molecule has 2 aliphatic heterocycles. The van der Waals surface area contributed by atoms with Crippen molar-refractivity contribution in [3.8, 4) is 5.75 Å². The first-order valence-corrected chi connectivity index (χ1v) is 16.7. The molecular weight excluding hydrogens is 637 g/mol. The molecule has 3 heterocycles. The molecule has 4 aromatic rings. The molecule has 1 saturated heterocycles. The standard InChI is InChI=1S/C33H25ClFN3O5S2/c34-16-4-8-18(9-5-16)36-23(39)14-43-20-3-1-2-15(12-20)24-25-21-13-22(28(25)44-30-29(24)45-33(42)37-30)27-26(21)31(40)38(32(27)41)19-10-6-17(35)7-11-19/h1-12,21-22,24-28H,13-14H2,(H,36,39)(H,37,42)/t21?,22?,24-,25?,26?,27?,28?/m1/s1. The lowest BCUT2D eigenvalue weighted by Gasteiger charge is -2.43. The average molecular weight is 662 g/mol. The molecule has 3 aromatic carbocycles. The highest BCUT2D eigenvalue weighted by atomic mass is 35.5. The number of nitrogens with one attached hydrogen (secondary N) is 2. The van der Waals surface area contributed by atoms with E-state index in [2.05, 4.69) is 10.3 Å². The number of rotatable bonds is 6. The minimum absolute atomic E-state index is 0.00794. The molecule has 2 aliphatic carbocycles. The van der Waals surface area contributed by atoms with E-state index in [0.717, 1.165) is 21.9 Å². The predicted octanol–water partition coefficient (Wildman–Crippen LogP) is 5.92. The number of halogens is 2. The van der Waals surface area contributed by atoms with E-state index in [-0.39, 0.29) is 58.1 Å². The van der Waals surface area contributed by atoms with E-state index >= 15 is 0 Å². The number of thioether (sulfide) groups is 1. The highest BCUT2D eigenvalue weighted by Gasteiger charge is 2.69. The Bertz CT molecular complexity index is 1910. The number of amides is 3. The zero-order valence-corrected chi connectivity index (χ0v) is 25.8. The molecule has 3 amide bonds. The molecule has 0 radical (unpaired) electrons. The van der Waals surface area contributed by atoms with Gasteiger partial charge in [-0.3, -0.25) is 24.1 Å². The number of aromatic nitrogens is 1. The van der Waals surface area contributed by atoms with Gasteiger partial charge < -0.3 is 15.0 Å². The van der Waals surface area contributed by atoms with Gasteiger partial charge in [0, 0.05) is 26.8 Å². The van der Waals surface area contributed by atoms with Crippen molar-refractivity contribution in [3.05, 3.63) is 104 Å². The molecule has 45 heavy (non-hydrogen) atoms. The number of fused-ring (bicyclic) bond motifs is 9. The van der Waals surface area contributed by atoms with Gasteiger partial charge in [-0.15, -0.1) is 11.8 Å². The molecule has 7 atom stereocenters. The third kappa shape index (κ3) is 4.71. The zero-order valence-electron chi connectivity index (χ0n) is 23.4. The Morgan fingerprint density at radius 3 is 2.49 bits per heavy atom. The summed E-state index contributed by atoms with van der Waals surface area (Å²) in [6.45, 7) is -0.203. The van der Waals surface area contributed by atoms with Crippen LogP contribution in [0.15, 0.2) is 82.6 Å². The van der Waals surface area contributed by atoms with Gasteiger partial charge in [0.15, 0.2) is 6.61 Å². The van der Waals surface area contributed by atoms with Gasteiger partial charge in [-0.1, -0.05) is 35.1 Å². The van der Waals surface area contributed by atoms with Crippen molar-refractivity contribution in [2.24, 2.45) is 29.6 Å². The van der Waals surface area contributed by atoms with Crippen LogP contribution in [-0.4, -0.2) is 34.6 Å². The molecule has 8 nitrogen and oxygen atoms in total. The van der Waals surface area contributed by atoms with Crippen molar-refractivity contribution < 1.29 is 23.5 Å². The average Bonchev–Trinajstić information content (AvgIpc) is 3.77. The SMILES string of the molecule is O=C(COc1cccc([C@H]2c3sc(=O)[nH]c3SC3C4CC(C5C(=O)N(c6ccc(F)cc6)C(=O)C45)C32)c1)Nc1ccc(Cl)cc1. The normalized spacial score (nSPS) is 27.7. The van der Waals surface area contributed by atoms with Crippen molar-refractivity contribution in [2.75, 3.05) is 16.8 Å². The van der Waals surface area contributed by atoms with E-state index in [4.69, 9.17) is 16.3 Å². The molecular formula is C33H25ClFN3O5S2. The number of thiazole rings is 1. The van der Waals surface area contributed by atoms with E-state index in [1.165, 1.54) is 40.5 Å². The quantitative estimate of drug-likeness (QED) is 0.248. The second-order valence-electron chi connectivity index (χ2n) is 11.9. The number of ether oxygens (including phenoxy) is 1. The van der Waals surface area contributed by atoms with Crippen LogP contribution in [0.5, 0.6) is 5.75 Å². The lowest BCUT2D eigenvalue weighted by atomic mass is 9.68. The number of hydrogen-bond donors (Lipinski definition) is 2. The second kappa shape index (κ2) is 10.9. The summed E-state index contributed by atoms with van der Waals surface area (Å²) >= 11 is 8.72. The molecule has 0 spiro atoms. The highest BCUT2D eigenvalue weighted by Crippen LogP contribution is 2.68. The summed E-state index contributed by atoms with van der Waals surface area (Å²) in [5.41, 5.74) is 1.92. The van der Waals surface area contributed by atoms with Gasteiger partial charge in [-0.2, -0.15) is 0 Å². The van der Waals surface area contributed by atoms with E-state index in [9.17, 15) is 23.6 Å². The molecule has 2 bridgehead atoms. The highest BCUT2D eigenvalue weighted by molar-refractivity contribution is 8.00. The largest absolute Gasteiger partial charge is 0.484 e. The Balaban J connectivity index is 1.08. The van der Waals surface area contributed by atoms with Gasteiger partial charge >= 0.3 is 4.87 Å². The van der Waals surface area contributed by atoms with Crippen LogP contribution in [0, 0.1) is 35.4 Å². The van der Waals surface area contributed by atoms with Crippen LogP contribution >= 0.6 is 34.7 Å². The monoisotopic (exact) mass is 661 g/mol. The van der Waals surface area contributed by atoms with Crippen LogP contribution in [0.4, 0.5) is 15.8 Å². The van der Waals surface area contributed by atoms with Crippen LogP contribution in [0.1, 0.15) is 22.8 Å². The molecule has 3 fully saturated rings. The molecule has 2 saturated carbocycles. The lowest BCUT2D eigenvalue weighted by molar-refractivity contribution is -0.123. The number of aromatic amines is 1. The summed E-state index contributed by atoms with van der Waals surface area (Å²) in [6.07, 6.45) is 0.753. The molecule has 2 N–H and O–H groups in total. The number of imide groups is 1. The van der Waals surface area contributed by atoms with Crippen molar-refractivity contribution in [1.82, 2.24) is 4.98 Å². The van der Waals surface area contributed by atoms with Gasteiger partial charge in [-0.25, -0.2) is 4.39 Å². The van der Waals surface area contributed by atoms with Gasteiger partial charge in [-0.05, 0) is 90.4 Å². The van der Waals surface area contributed by atoms with Crippen molar-refractivity contribution >= 4 is 63.8 Å². The van der Waals surface area contributed by atoms with Crippen LogP contribution in [0.25, 0.3) is 0 Å². The van der Waals surface area contributed by atoms with Crippen molar-refractivity contribution in [2.45, 2.75) is 22.6 Å². The Labute approximate surface area is 269 Å². The van der Waals surface area contributed by atoms with E-state index < -0.39 is 17.7 Å². The van der Waals surface area contributed by atoms with E-state index in [0.29, 0.717) is 22.1 Å². The fourth-order valence-corrected chi connectivity index (χ4v) is 10.9. The second-order valence-corrected chi connectivity index (χ2v) is 14.5. The van der Waals surface area contributed by atoms with Crippen LogP contribution in [-0.2, 0) is 14.4 Å². The third-order valence-electron chi connectivity index (χ3n) is 9.52. The van der Waals surface area contributed by atoms with Gasteiger partial charge in [0.05, 0.1) is 22.5 Å². The number of H-pyrrole nitrogens is 1. The minimum atomic E-state index is -0.467. The van der Waals surface area contributed by atoms with Crippen molar-refractivity contribution in [1.29, 1.82) is 0 Å². The summed E-state index contributed by atoms with van der Waals surface area (Å²) in [7, 11) is 0. The fourth-order valence-electron chi connectivity index (χ4n) is 7.91. The Kier molecular flexibility index (Phi) is 6.88. The maximum absolute atomic E-state index is 13.9. The molecule has 228 valence electrons. The minimum Gasteiger partial charge on any atom is -0.484 e. The van der Waals surface area contributed by atoms with E-state index in [1.54, 1.807) is 42.1 Å². The van der Waals surface area contributed by atoms with Crippen LogP contribution in [0.2, 0.25) is 5.02 Å². The topological polar surface area (TPSA) is 109 Å². The molecule has 1 aromatic heterocycles. The fraction of sp³-hybridized carbons (Fsp3) is 0.273. The van der Waals surface area contributed by atoms with Crippen LogP contribution in [0.3, 0.4) is 0 Å². The summed E-state index contributed by atoms with van der Waals surface area (Å²) in [5.74, 6) is -1.90. The van der Waals surface area contributed by atoms with Gasteiger partial charge in [0.1, 0.15) is 11.6 Å². The molecule has 8 rings (SSSR count). The number of nitrogens with zero attached hydrogens (tertiary/aromatic N) is 1. The number of anilines is 2. The molecule has 12 heteroatoms. The van der Waals surface area contributed by atoms with Gasteiger partial charge in [0.2, 0.25) is 11.8 Å². The maximum atomic E-state index is 13.9. The van der Waals surface area contributed by atoms with Crippen LogP contribution < -0.4 is 19.8 Å². The molecule has 4 aliphatic rings. The first kappa shape index (κ1) is 28.5. The zero-order chi connectivity index (χ0) is 31.0. The van der Waals surface area contributed by atoms with Gasteiger partial charge in [0.25, 0.3) is 5.91 Å². The first-order chi connectivity index (χ1) is 21.8. The number of benzene rings is 3.